The Morgan fingerprint density at radius 2 is 1.94 bits per heavy atom. The molecule has 18 heavy (non-hydrogen) atoms. The molecule has 1 amide bonds. The first-order valence-corrected chi connectivity index (χ1v) is 5.78. The molecule has 4 heteroatoms. The van der Waals surface area contributed by atoms with Crippen LogP contribution in [0.3, 0.4) is 0 Å². The standard InChI is InChI=1S/C14H11ClFNO/c1-9-4-2-5-10(8-9)17-14(18)13-11(15)6-3-7-12(13)16/h2-8H,1H3,(H,17,18). The molecule has 0 radical (unpaired) electrons. The van der Waals surface area contributed by atoms with E-state index in [0.29, 0.717) is 5.69 Å². The van der Waals surface area contributed by atoms with E-state index in [0.717, 1.165) is 5.56 Å². The van der Waals surface area contributed by atoms with Gasteiger partial charge in [0, 0.05) is 5.69 Å². The van der Waals surface area contributed by atoms with Crippen LogP contribution in [0, 0.1) is 12.7 Å². The number of halogens is 2. The van der Waals surface area contributed by atoms with Crippen molar-refractivity contribution >= 4 is 23.2 Å². The maximum absolute atomic E-state index is 13.5. The second-order valence-corrected chi connectivity index (χ2v) is 4.33. The number of hydrogen-bond acceptors (Lipinski definition) is 1. The van der Waals surface area contributed by atoms with E-state index in [2.05, 4.69) is 5.32 Å². The summed E-state index contributed by atoms with van der Waals surface area (Å²) in [6.07, 6.45) is 0. The van der Waals surface area contributed by atoms with Crippen molar-refractivity contribution in [1.29, 1.82) is 0 Å². The number of carbonyl (C=O) groups excluding carboxylic acids is 1. The molecular formula is C14H11ClFNO. The highest BCUT2D eigenvalue weighted by atomic mass is 35.5. The predicted molar refractivity (Wildman–Crippen MR) is 70.5 cm³/mol. The van der Waals surface area contributed by atoms with E-state index in [4.69, 9.17) is 11.6 Å². The second kappa shape index (κ2) is 5.19. The van der Waals surface area contributed by atoms with E-state index in [-0.39, 0.29) is 10.6 Å². The zero-order valence-corrected chi connectivity index (χ0v) is 10.5. The summed E-state index contributed by atoms with van der Waals surface area (Å²) in [5.41, 5.74) is 1.48. The van der Waals surface area contributed by atoms with Crippen molar-refractivity contribution in [3.8, 4) is 0 Å². The monoisotopic (exact) mass is 263 g/mol. The third kappa shape index (κ3) is 2.68. The summed E-state index contributed by atoms with van der Waals surface area (Å²) < 4.78 is 13.5. The van der Waals surface area contributed by atoms with E-state index in [1.165, 1.54) is 18.2 Å². The minimum atomic E-state index is -0.632. The van der Waals surface area contributed by atoms with Crippen LogP contribution >= 0.6 is 11.6 Å². The Morgan fingerprint density at radius 3 is 2.61 bits per heavy atom. The normalized spacial score (nSPS) is 10.2. The summed E-state index contributed by atoms with van der Waals surface area (Å²) in [6, 6.07) is 11.4. The molecule has 0 spiro atoms. The summed E-state index contributed by atoms with van der Waals surface area (Å²) in [5.74, 6) is -1.18. The summed E-state index contributed by atoms with van der Waals surface area (Å²) in [6.45, 7) is 1.91. The largest absolute Gasteiger partial charge is 0.322 e. The highest BCUT2D eigenvalue weighted by Gasteiger charge is 2.15. The Morgan fingerprint density at radius 1 is 1.22 bits per heavy atom. The van der Waals surface area contributed by atoms with E-state index in [1.807, 2.05) is 19.1 Å². The fraction of sp³-hybridized carbons (Fsp3) is 0.0714. The fourth-order valence-corrected chi connectivity index (χ4v) is 1.88. The highest BCUT2D eigenvalue weighted by Crippen LogP contribution is 2.20. The van der Waals surface area contributed by atoms with Crippen LogP contribution < -0.4 is 5.32 Å². The van der Waals surface area contributed by atoms with Gasteiger partial charge in [-0.15, -0.1) is 0 Å². The first kappa shape index (κ1) is 12.6. The number of aryl methyl sites for hydroxylation is 1. The molecule has 0 saturated heterocycles. The molecule has 2 nitrogen and oxygen atoms in total. The number of anilines is 1. The molecule has 92 valence electrons. The lowest BCUT2D eigenvalue weighted by Crippen LogP contribution is -2.14. The quantitative estimate of drug-likeness (QED) is 0.870. The van der Waals surface area contributed by atoms with Gasteiger partial charge < -0.3 is 5.32 Å². The molecule has 0 aliphatic rings. The van der Waals surface area contributed by atoms with Gasteiger partial charge >= 0.3 is 0 Å². The van der Waals surface area contributed by atoms with E-state index in [1.54, 1.807) is 12.1 Å². The van der Waals surface area contributed by atoms with Gasteiger partial charge in [0.2, 0.25) is 0 Å². The third-order valence-electron chi connectivity index (χ3n) is 2.47. The number of amides is 1. The molecule has 0 aliphatic carbocycles. The van der Waals surface area contributed by atoms with Crippen LogP contribution in [0.1, 0.15) is 15.9 Å². The van der Waals surface area contributed by atoms with Crippen LogP contribution in [0.15, 0.2) is 42.5 Å². The first-order chi connectivity index (χ1) is 8.58. The van der Waals surface area contributed by atoms with E-state index < -0.39 is 11.7 Å². The Balaban J connectivity index is 2.28. The van der Waals surface area contributed by atoms with Gasteiger partial charge in [-0.25, -0.2) is 4.39 Å². The molecule has 2 aromatic rings. The van der Waals surface area contributed by atoms with Crippen LogP contribution in [0.5, 0.6) is 0 Å². The lowest BCUT2D eigenvalue weighted by Gasteiger charge is -2.08. The third-order valence-corrected chi connectivity index (χ3v) is 2.78. The fourth-order valence-electron chi connectivity index (χ4n) is 1.63. The maximum Gasteiger partial charge on any atom is 0.260 e. The lowest BCUT2D eigenvalue weighted by atomic mass is 10.1. The van der Waals surface area contributed by atoms with Crippen LogP contribution in [-0.4, -0.2) is 5.91 Å². The van der Waals surface area contributed by atoms with Crippen LogP contribution in [0.4, 0.5) is 10.1 Å². The number of rotatable bonds is 2. The van der Waals surface area contributed by atoms with Crippen LogP contribution in [-0.2, 0) is 0 Å². The van der Waals surface area contributed by atoms with Gasteiger partial charge in [-0.05, 0) is 36.8 Å². The highest BCUT2D eigenvalue weighted by molar-refractivity contribution is 6.34. The topological polar surface area (TPSA) is 29.1 Å². The van der Waals surface area contributed by atoms with E-state index >= 15 is 0 Å². The van der Waals surface area contributed by atoms with Crippen molar-refractivity contribution in [2.24, 2.45) is 0 Å². The molecule has 0 unspecified atom stereocenters. The summed E-state index contributed by atoms with van der Waals surface area (Å²) in [7, 11) is 0. The van der Waals surface area contributed by atoms with E-state index in [9.17, 15) is 9.18 Å². The Kier molecular flexibility index (Phi) is 3.63. The average molecular weight is 264 g/mol. The van der Waals surface area contributed by atoms with Gasteiger partial charge in [0.15, 0.2) is 0 Å². The second-order valence-electron chi connectivity index (χ2n) is 3.92. The number of benzene rings is 2. The molecule has 0 bridgehead atoms. The van der Waals surface area contributed by atoms with Gasteiger partial charge in [0.1, 0.15) is 5.82 Å². The summed E-state index contributed by atoms with van der Waals surface area (Å²) in [5, 5.41) is 2.71. The summed E-state index contributed by atoms with van der Waals surface area (Å²) in [4.78, 5) is 11.9. The van der Waals surface area contributed by atoms with Crippen LogP contribution in [0.25, 0.3) is 0 Å². The van der Waals surface area contributed by atoms with Crippen molar-refractivity contribution in [3.63, 3.8) is 0 Å². The van der Waals surface area contributed by atoms with Crippen molar-refractivity contribution < 1.29 is 9.18 Å². The average Bonchev–Trinajstić information content (AvgIpc) is 2.28. The number of hydrogen-bond donors (Lipinski definition) is 1. The molecule has 0 fully saturated rings. The zero-order valence-electron chi connectivity index (χ0n) is 9.71. The lowest BCUT2D eigenvalue weighted by molar-refractivity contribution is 0.102. The SMILES string of the molecule is Cc1cccc(NC(=O)c2c(F)cccc2Cl)c1. The van der Waals surface area contributed by atoms with Crippen molar-refractivity contribution in [3.05, 3.63) is 64.4 Å². The number of carbonyl (C=O) groups is 1. The first-order valence-electron chi connectivity index (χ1n) is 5.40. The van der Waals surface area contributed by atoms with Gasteiger partial charge in [-0.2, -0.15) is 0 Å². The predicted octanol–water partition coefficient (Wildman–Crippen LogP) is 4.04. The molecule has 0 aromatic heterocycles. The zero-order chi connectivity index (χ0) is 13.1. The van der Waals surface area contributed by atoms with Crippen LogP contribution in [0.2, 0.25) is 5.02 Å². The van der Waals surface area contributed by atoms with Gasteiger partial charge in [0.25, 0.3) is 5.91 Å². The van der Waals surface area contributed by atoms with Gasteiger partial charge in [-0.3, -0.25) is 4.79 Å². The molecule has 0 heterocycles. The molecule has 0 atom stereocenters. The Bertz CT molecular complexity index is 578. The molecule has 2 rings (SSSR count). The molecule has 0 saturated carbocycles. The Hall–Kier alpha value is -1.87. The minimum absolute atomic E-state index is 0.0974. The minimum Gasteiger partial charge on any atom is -0.322 e. The molecule has 0 aliphatic heterocycles. The maximum atomic E-state index is 13.5. The molecular weight excluding hydrogens is 253 g/mol. The summed E-state index contributed by atoms with van der Waals surface area (Å²) >= 11 is 5.82. The molecule has 1 N–H and O–H groups in total. The van der Waals surface area contributed by atoms with Gasteiger partial charge in [0.05, 0.1) is 10.6 Å². The van der Waals surface area contributed by atoms with Crippen molar-refractivity contribution in [2.75, 3.05) is 5.32 Å². The van der Waals surface area contributed by atoms with Crippen molar-refractivity contribution in [1.82, 2.24) is 0 Å². The van der Waals surface area contributed by atoms with Gasteiger partial charge in [-0.1, -0.05) is 29.8 Å². The molecule has 2 aromatic carbocycles. The smallest absolute Gasteiger partial charge is 0.260 e. The number of nitrogens with one attached hydrogen (secondary N) is 1. The van der Waals surface area contributed by atoms with Crippen molar-refractivity contribution in [2.45, 2.75) is 6.92 Å². The Labute approximate surface area is 109 Å².